The summed E-state index contributed by atoms with van der Waals surface area (Å²) >= 11 is 0. The van der Waals surface area contributed by atoms with Crippen LogP contribution in [0.1, 0.15) is 113 Å². The maximum absolute atomic E-state index is 14.7. The molecule has 3 unspecified atom stereocenters. The van der Waals surface area contributed by atoms with E-state index >= 15 is 0 Å². The van der Waals surface area contributed by atoms with E-state index < -0.39 is 71.1 Å². The van der Waals surface area contributed by atoms with Crippen LogP contribution in [0.15, 0.2) is 48.9 Å². The molecule has 2 aliphatic carbocycles. The molecule has 2 saturated carbocycles. The Kier molecular flexibility index (Phi) is 13.4. The average Bonchev–Trinajstić information content (AvgIpc) is 3.67. The lowest BCUT2D eigenvalue weighted by molar-refractivity contribution is -0.146. The molecule has 1 spiro atoms. The van der Waals surface area contributed by atoms with Crippen LogP contribution in [0.5, 0.6) is 0 Å². The minimum absolute atomic E-state index is 0.0340. The lowest BCUT2D eigenvalue weighted by Gasteiger charge is -2.42. The topological polar surface area (TPSA) is 217 Å². The highest BCUT2D eigenvalue weighted by molar-refractivity contribution is 6.38. The van der Waals surface area contributed by atoms with Gasteiger partial charge in [-0.15, -0.1) is 0 Å². The number of aromatic nitrogens is 2. The molecule has 15 heteroatoms. The number of aliphatic carboxylic acids is 1. The summed E-state index contributed by atoms with van der Waals surface area (Å²) in [5, 5.41) is 20.9. The van der Waals surface area contributed by atoms with Crippen LogP contribution >= 0.6 is 0 Å². The number of carboxylic acid groups (broad SMARTS) is 1. The molecule has 8 atom stereocenters. The minimum atomic E-state index is -1.36. The fourth-order valence-corrected chi connectivity index (χ4v) is 9.96. The molecule has 0 radical (unpaired) electrons. The zero-order valence-corrected chi connectivity index (χ0v) is 32.8. The van der Waals surface area contributed by atoms with E-state index in [0.29, 0.717) is 37.7 Å². The van der Waals surface area contributed by atoms with Gasteiger partial charge in [0.1, 0.15) is 29.9 Å². The molecule has 6 rings (SSSR count). The Labute approximate surface area is 332 Å². The van der Waals surface area contributed by atoms with Gasteiger partial charge in [0.25, 0.3) is 11.8 Å². The third kappa shape index (κ3) is 8.86. The number of rotatable bonds is 16. The van der Waals surface area contributed by atoms with E-state index in [1.54, 1.807) is 42.2 Å². The van der Waals surface area contributed by atoms with Crippen LogP contribution in [0.2, 0.25) is 0 Å². The molecule has 2 aliphatic heterocycles. The van der Waals surface area contributed by atoms with Crippen molar-refractivity contribution in [3.63, 3.8) is 0 Å². The summed E-state index contributed by atoms with van der Waals surface area (Å²) in [4.78, 5) is 105. The summed E-state index contributed by atoms with van der Waals surface area (Å²) in [7, 11) is 0. The summed E-state index contributed by atoms with van der Waals surface area (Å²) in [6.45, 7) is 3.76. The Morgan fingerprint density at radius 2 is 1.65 bits per heavy atom. The molecule has 57 heavy (non-hydrogen) atoms. The monoisotopic (exact) mass is 785 g/mol. The standard InChI is InChI=1S/C42H55N7O8/c1-3-13-29(35(50)39(54)46-30(41(56)57)22-25-14-7-5-8-15-25)45-38(53)34-26(4-2)23-42-19-12-11-18-28(42)33(40(55)49(34)42)48-37(52)32(27-16-9-6-10-17-27)47-36(51)31-24-43-20-21-44-31/h5,7-8,14-15,20-21,24,26-30,32-34H,3-4,6,9-13,16-19,22-23H2,1-2H3,(H,45,53)(H,46,54)(H,47,51)(H,48,52)(H,56,57)/t26-,28?,29?,30-,32-,33-,34-,42?/m0/s1. The van der Waals surface area contributed by atoms with Gasteiger partial charge < -0.3 is 31.3 Å². The third-order valence-corrected chi connectivity index (χ3v) is 12.7. The van der Waals surface area contributed by atoms with Gasteiger partial charge in [-0.25, -0.2) is 9.78 Å². The van der Waals surface area contributed by atoms with Crippen molar-refractivity contribution in [2.45, 2.75) is 139 Å². The number of Topliss-reactive ketones (excluding diaryl/α,β-unsaturated/α-hetero) is 1. The zero-order valence-electron chi connectivity index (χ0n) is 32.8. The molecule has 3 heterocycles. The molecule has 15 nitrogen and oxygen atoms in total. The number of nitrogens with zero attached hydrogens (tertiary/aromatic N) is 3. The van der Waals surface area contributed by atoms with Crippen molar-refractivity contribution in [1.29, 1.82) is 0 Å². The molecule has 1 aromatic carbocycles. The van der Waals surface area contributed by atoms with Gasteiger partial charge in [-0.05, 0) is 55.9 Å². The number of hydrogen-bond acceptors (Lipinski definition) is 9. The molecule has 4 fully saturated rings. The fourth-order valence-electron chi connectivity index (χ4n) is 9.96. The molecular formula is C42H55N7O8. The summed E-state index contributed by atoms with van der Waals surface area (Å²) in [6.07, 6.45) is 13.3. The fraction of sp³-hybridized carbons (Fsp3) is 0.595. The number of ketones is 1. The van der Waals surface area contributed by atoms with E-state index in [1.807, 2.05) is 6.92 Å². The number of carbonyl (C=O) groups is 7. The van der Waals surface area contributed by atoms with E-state index in [4.69, 9.17) is 0 Å². The van der Waals surface area contributed by atoms with Crippen LogP contribution < -0.4 is 21.3 Å². The number of amides is 5. The van der Waals surface area contributed by atoms with E-state index in [0.717, 1.165) is 44.9 Å². The molecule has 4 aliphatic rings. The van der Waals surface area contributed by atoms with Crippen molar-refractivity contribution < 1.29 is 38.7 Å². The molecule has 5 amide bonds. The van der Waals surface area contributed by atoms with Crippen molar-refractivity contribution in [2.75, 3.05) is 0 Å². The molecule has 2 aromatic rings. The summed E-state index contributed by atoms with van der Waals surface area (Å²) in [5.41, 5.74) is 0.0620. The van der Waals surface area contributed by atoms with E-state index in [-0.39, 0.29) is 42.2 Å². The second-order valence-corrected chi connectivity index (χ2v) is 16.2. The average molecular weight is 786 g/mol. The number of nitrogens with one attached hydrogen (secondary N) is 4. The molecule has 306 valence electrons. The molecule has 5 N–H and O–H groups in total. The second-order valence-electron chi connectivity index (χ2n) is 16.2. The van der Waals surface area contributed by atoms with Gasteiger partial charge >= 0.3 is 5.97 Å². The number of carbonyl (C=O) groups excluding carboxylic acids is 6. The lowest BCUT2D eigenvalue weighted by atomic mass is 9.69. The van der Waals surface area contributed by atoms with Crippen molar-refractivity contribution >= 4 is 41.3 Å². The van der Waals surface area contributed by atoms with Gasteiger partial charge in [-0.2, -0.15) is 0 Å². The second kappa shape index (κ2) is 18.4. The van der Waals surface area contributed by atoms with Crippen LogP contribution in [0, 0.1) is 17.8 Å². The van der Waals surface area contributed by atoms with Gasteiger partial charge in [-0.1, -0.05) is 89.1 Å². The Balaban J connectivity index is 1.21. The van der Waals surface area contributed by atoms with Gasteiger partial charge in [0.2, 0.25) is 23.5 Å². The van der Waals surface area contributed by atoms with Gasteiger partial charge in [0.05, 0.1) is 12.2 Å². The molecular weight excluding hydrogens is 731 g/mol. The largest absolute Gasteiger partial charge is 0.480 e. The van der Waals surface area contributed by atoms with Crippen LogP contribution in [-0.4, -0.2) is 97.0 Å². The maximum atomic E-state index is 14.7. The molecule has 2 saturated heterocycles. The van der Waals surface area contributed by atoms with Gasteiger partial charge in [0, 0.05) is 30.3 Å². The highest BCUT2D eigenvalue weighted by Crippen LogP contribution is 2.56. The van der Waals surface area contributed by atoms with Gasteiger partial charge in [-0.3, -0.25) is 33.8 Å². The first-order chi connectivity index (χ1) is 27.5. The first kappa shape index (κ1) is 41.4. The summed E-state index contributed by atoms with van der Waals surface area (Å²) < 4.78 is 0. The van der Waals surface area contributed by atoms with E-state index in [2.05, 4.69) is 31.2 Å². The normalized spacial score (nSPS) is 25.9. The maximum Gasteiger partial charge on any atom is 0.326 e. The van der Waals surface area contributed by atoms with Crippen LogP contribution in [0.3, 0.4) is 0 Å². The van der Waals surface area contributed by atoms with Crippen molar-refractivity contribution in [1.82, 2.24) is 36.1 Å². The number of hydrogen-bond donors (Lipinski definition) is 5. The van der Waals surface area contributed by atoms with Gasteiger partial charge in [0.15, 0.2) is 0 Å². The quantitative estimate of drug-likeness (QED) is 0.157. The smallest absolute Gasteiger partial charge is 0.326 e. The highest BCUT2D eigenvalue weighted by atomic mass is 16.4. The Hall–Kier alpha value is -5.21. The van der Waals surface area contributed by atoms with E-state index in [1.165, 1.54) is 18.6 Å². The Morgan fingerprint density at radius 3 is 2.32 bits per heavy atom. The van der Waals surface area contributed by atoms with Crippen molar-refractivity contribution in [2.24, 2.45) is 17.8 Å². The SMILES string of the molecule is CCCC(NC(=O)[C@@H]1[C@@H](CC)CC23CCCCC2[C@H](NC(=O)[C@@H](NC(=O)c2cnccn2)C2CCCCC2)C(=O)N13)C(=O)C(=O)N[C@@H](Cc1ccccc1)C(=O)O. The first-order valence-corrected chi connectivity index (χ1v) is 20.6. The predicted molar refractivity (Wildman–Crippen MR) is 207 cm³/mol. The molecule has 1 aromatic heterocycles. The van der Waals surface area contributed by atoms with Crippen LogP contribution in [0.4, 0.5) is 0 Å². The Morgan fingerprint density at radius 1 is 0.912 bits per heavy atom. The third-order valence-electron chi connectivity index (χ3n) is 12.7. The number of benzene rings is 1. The number of carboxylic acids is 1. The Bertz CT molecular complexity index is 1810. The summed E-state index contributed by atoms with van der Waals surface area (Å²) in [5.74, 6) is -5.90. The van der Waals surface area contributed by atoms with Crippen LogP contribution in [-0.2, 0) is 35.2 Å². The van der Waals surface area contributed by atoms with Crippen LogP contribution in [0.25, 0.3) is 0 Å². The lowest BCUT2D eigenvalue weighted by Crippen LogP contribution is -2.58. The zero-order chi connectivity index (χ0) is 40.7. The molecule has 0 bridgehead atoms. The highest BCUT2D eigenvalue weighted by Gasteiger charge is 2.67. The summed E-state index contributed by atoms with van der Waals surface area (Å²) in [6, 6.07) is 3.37. The predicted octanol–water partition coefficient (Wildman–Crippen LogP) is 2.88. The van der Waals surface area contributed by atoms with Crippen molar-refractivity contribution in [3.05, 3.63) is 60.2 Å². The first-order valence-electron chi connectivity index (χ1n) is 20.6. The van der Waals surface area contributed by atoms with Crippen molar-refractivity contribution in [3.8, 4) is 0 Å². The minimum Gasteiger partial charge on any atom is -0.480 e. The van der Waals surface area contributed by atoms with E-state index in [9.17, 15) is 38.7 Å².